The van der Waals surface area contributed by atoms with Crippen LogP contribution in [0, 0.1) is 0 Å². The second kappa shape index (κ2) is 7.55. The molecular formula is C17H26N2O4. The molecule has 23 heavy (non-hydrogen) atoms. The maximum absolute atomic E-state index is 12.6. The van der Waals surface area contributed by atoms with Gasteiger partial charge in [-0.15, -0.1) is 0 Å². The van der Waals surface area contributed by atoms with Crippen molar-refractivity contribution in [3.8, 4) is 17.2 Å². The fourth-order valence-electron chi connectivity index (χ4n) is 3.04. The highest BCUT2D eigenvalue weighted by atomic mass is 16.5. The number of carbonyl (C=O) groups is 1. The molecule has 1 aliphatic heterocycles. The Balaban J connectivity index is 2.14. The Morgan fingerprint density at radius 3 is 2.35 bits per heavy atom. The molecule has 1 aliphatic rings. The summed E-state index contributed by atoms with van der Waals surface area (Å²) >= 11 is 0. The molecule has 1 unspecified atom stereocenters. The van der Waals surface area contributed by atoms with Gasteiger partial charge in [0, 0.05) is 18.2 Å². The number of ether oxygens (including phenoxy) is 3. The lowest BCUT2D eigenvalue weighted by Crippen LogP contribution is -2.52. The molecule has 2 N–H and O–H groups in total. The van der Waals surface area contributed by atoms with Crippen molar-refractivity contribution in [2.24, 2.45) is 0 Å². The van der Waals surface area contributed by atoms with Crippen LogP contribution in [0.25, 0.3) is 0 Å². The van der Waals surface area contributed by atoms with Gasteiger partial charge in [0.1, 0.15) is 5.75 Å². The van der Waals surface area contributed by atoms with Gasteiger partial charge in [0.05, 0.1) is 26.9 Å². The first-order valence-electron chi connectivity index (χ1n) is 7.92. The summed E-state index contributed by atoms with van der Waals surface area (Å²) in [4.78, 5) is 12.6. The maximum atomic E-state index is 12.6. The van der Waals surface area contributed by atoms with Gasteiger partial charge in [-0.3, -0.25) is 4.79 Å². The van der Waals surface area contributed by atoms with Gasteiger partial charge < -0.3 is 24.8 Å². The van der Waals surface area contributed by atoms with Crippen LogP contribution in [0.3, 0.4) is 0 Å². The number of nitrogens with one attached hydrogen (secondary N) is 2. The Bertz CT molecular complexity index is 554. The summed E-state index contributed by atoms with van der Waals surface area (Å²) in [6, 6.07) is 3.60. The van der Waals surface area contributed by atoms with E-state index in [4.69, 9.17) is 14.2 Å². The van der Waals surface area contributed by atoms with E-state index in [1.54, 1.807) is 27.4 Å². The first-order chi connectivity index (χ1) is 11.1. The van der Waals surface area contributed by atoms with Crippen LogP contribution in [-0.4, -0.2) is 39.3 Å². The minimum atomic E-state index is -0.441. The third-order valence-electron chi connectivity index (χ3n) is 4.51. The van der Waals surface area contributed by atoms with E-state index in [1.807, 2.05) is 13.0 Å². The van der Waals surface area contributed by atoms with Crippen molar-refractivity contribution in [3.63, 3.8) is 0 Å². The molecule has 128 valence electrons. The SMILES string of the molecule is CCC1(C(=O)NCc2cc(OC)c(OC)cc2OC)CCCN1. The second-order valence-corrected chi connectivity index (χ2v) is 5.67. The number of hydrogen-bond acceptors (Lipinski definition) is 5. The molecule has 1 atom stereocenters. The van der Waals surface area contributed by atoms with Crippen LogP contribution in [-0.2, 0) is 11.3 Å². The number of hydrogen-bond donors (Lipinski definition) is 2. The molecule has 1 heterocycles. The molecule has 2 rings (SSSR count). The van der Waals surface area contributed by atoms with Gasteiger partial charge in [0.15, 0.2) is 11.5 Å². The number of carbonyl (C=O) groups excluding carboxylic acids is 1. The quantitative estimate of drug-likeness (QED) is 0.802. The standard InChI is InChI=1S/C17H26N2O4/c1-5-17(7-6-8-19-17)16(20)18-11-12-9-14(22-3)15(23-4)10-13(12)21-2/h9-10,19H,5-8,11H2,1-4H3,(H,18,20). The van der Waals surface area contributed by atoms with Crippen molar-refractivity contribution in [3.05, 3.63) is 17.7 Å². The molecule has 1 fully saturated rings. The van der Waals surface area contributed by atoms with Crippen LogP contribution in [0.2, 0.25) is 0 Å². The van der Waals surface area contributed by atoms with Gasteiger partial charge in [-0.1, -0.05) is 6.92 Å². The van der Waals surface area contributed by atoms with Crippen LogP contribution < -0.4 is 24.8 Å². The summed E-state index contributed by atoms with van der Waals surface area (Å²) in [5, 5.41) is 6.36. The Hall–Kier alpha value is -1.95. The van der Waals surface area contributed by atoms with Gasteiger partial charge in [0.25, 0.3) is 0 Å². The number of benzene rings is 1. The highest BCUT2D eigenvalue weighted by molar-refractivity contribution is 5.86. The lowest BCUT2D eigenvalue weighted by molar-refractivity contribution is -0.127. The largest absolute Gasteiger partial charge is 0.496 e. The van der Waals surface area contributed by atoms with Crippen LogP contribution >= 0.6 is 0 Å². The summed E-state index contributed by atoms with van der Waals surface area (Å²) in [6.07, 6.45) is 2.68. The van der Waals surface area contributed by atoms with Crippen LogP contribution in [0.1, 0.15) is 31.7 Å². The summed E-state index contributed by atoms with van der Waals surface area (Å²) in [7, 11) is 4.76. The third kappa shape index (κ3) is 3.52. The summed E-state index contributed by atoms with van der Waals surface area (Å²) in [5.41, 5.74) is 0.409. The predicted octanol–water partition coefficient (Wildman–Crippen LogP) is 1.86. The molecule has 0 aliphatic carbocycles. The van der Waals surface area contributed by atoms with Crippen molar-refractivity contribution < 1.29 is 19.0 Å². The number of rotatable bonds is 7. The normalized spacial score (nSPS) is 20.2. The lowest BCUT2D eigenvalue weighted by Gasteiger charge is -2.27. The zero-order chi connectivity index (χ0) is 16.9. The topological polar surface area (TPSA) is 68.8 Å². The maximum Gasteiger partial charge on any atom is 0.240 e. The van der Waals surface area contributed by atoms with E-state index in [9.17, 15) is 4.79 Å². The highest BCUT2D eigenvalue weighted by Crippen LogP contribution is 2.34. The molecule has 6 nitrogen and oxygen atoms in total. The number of methoxy groups -OCH3 is 3. The van der Waals surface area contributed by atoms with Crippen molar-refractivity contribution >= 4 is 5.91 Å². The first kappa shape index (κ1) is 17.4. The average Bonchev–Trinajstić information content (AvgIpc) is 3.09. The third-order valence-corrected chi connectivity index (χ3v) is 4.51. The van der Waals surface area contributed by atoms with Gasteiger partial charge in [-0.25, -0.2) is 0 Å². The molecular weight excluding hydrogens is 296 g/mol. The summed E-state index contributed by atoms with van der Waals surface area (Å²) in [6.45, 7) is 3.31. The molecule has 0 bridgehead atoms. The minimum Gasteiger partial charge on any atom is -0.496 e. The molecule has 1 amide bonds. The molecule has 6 heteroatoms. The van der Waals surface area contributed by atoms with Crippen molar-refractivity contribution in [1.82, 2.24) is 10.6 Å². The lowest BCUT2D eigenvalue weighted by atomic mass is 9.93. The van der Waals surface area contributed by atoms with Gasteiger partial charge in [-0.2, -0.15) is 0 Å². The van der Waals surface area contributed by atoms with Crippen molar-refractivity contribution in [2.45, 2.75) is 38.3 Å². The Labute approximate surface area is 137 Å². The van der Waals surface area contributed by atoms with Gasteiger partial charge in [-0.05, 0) is 31.9 Å². The van der Waals surface area contributed by atoms with Gasteiger partial charge >= 0.3 is 0 Å². The Kier molecular flexibility index (Phi) is 5.71. The summed E-state index contributed by atoms with van der Waals surface area (Å²) in [5.74, 6) is 1.91. The predicted molar refractivity (Wildman–Crippen MR) is 88.2 cm³/mol. The Morgan fingerprint density at radius 2 is 1.83 bits per heavy atom. The van der Waals surface area contributed by atoms with E-state index in [2.05, 4.69) is 10.6 Å². The number of amides is 1. The van der Waals surface area contributed by atoms with Crippen LogP contribution in [0.5, 0.6) is 17.2 Å². The van der Waals surface area contributed by atoms with E-state index in [-0.39, 0.29) is 5.91 Å². The monoisotopic (exact) mass is 322 g/mol. The second-order valence-electron chi connectivity index (χ2n) is 5.67. The van der Waals surface area contributed by atoms with Crippen LogP contribution in [0.4, 0.5) is 0 Å². The van der Waals surface area contributed by atoms with Crippen molar-refractivity contribution in [2.75, 3.05) is 27.9 Å². The zero-order valence-corrected chi connectivity index (χ0v) is 14.3. The molecule has 1 saturated heterocycles. The highest BCUT2D eigenvalue weighted by Gasteiger charge is 2.38. The van der Waals surface area contributed by atoms with Crippen LogP contribution in [0.15, 0.2) is 12.1 Å². The summed E-state index contributed by atoms with van der Waals surface area (Å²) < 4.78 is 16.0. The smallest absolute Gasteiger partial charge is 0.240 e. The molecule has 1 aromatic carbocycles. The molecule has 0 spiro atoms. The molecule has 0 saturated carbocycles. The fourth-order valence-corrected chi connectivity index (χ4v) is 3.04. The van der Waals surface area contributed by atoms with E-state index < -0.39 is 5.54 Å². The molecule has 1 aromatic rings. The fraction of sp³-hybridized carbons (Fsp3) is 0.588. The minimum absolute atomic E-state index is 0.0364. The first-order valence-corrected chi connectivity index (χ1v) is 7.92. The van der Waals surface area contributed by atoms with E-state index in [1.165, 1.54) is 0 Å². The Morgan fingerprint density at radius 1 is 1.17 bits per heavy atom. The molecule has 0 radical (unpaired) electrons. The average molecular weight is 322 g/mol. The van der Waals surface area contributed by atoms with E-state index in [0.29, 0.717) is 23.8 Å². The van der Waals surface area contributed by atoms with E-state index >= 15 is 0 Å². The van der Waals surface area contributed by atoms with Crippen molar-refractivity contribution in [1.29, 1.82) is 0 Å². The zero-order valence-electron chi connectivity index (χ0n) is 14.3. The van der Waals surface area contributed by atoms with Gasteiger partial charge in [0.2, 0.25) is 5.91 Å². The van der Waals surface area contributed by atoms with E-state index in [0.717, 1.165) is 31.4 Å². The molecule has 0 aromatic heterocycles.